The minimum Gasteiger partial charge on any atom is -0.441 e. The Bertz CT molecular complexity index is 969. The second kappa shape index (κ2) is 10.1. The number of benzene rings is 1. The number of carbonyl (C=O) groups is 1. The molecule has 29 heavy (non-hydrogen) atoms. The van der Waals surface area contributed by atoms with Crippen LogP contribution in [0, 0.1) is 6.92 Å². The molecule has 7 heteroatoms. The first-order valence-electron chi connectivity index (χ1n) is 9.61. The van der Waals surface area contributed by atoms with Crippen molar-refractivity contribution >= 4 is 16.7 Å². The van der Waals surface area contributed by atoms with Gasteiger partial charge in [-0.05, 0) is 49.1 Å². The quantitative estimate of drug-likeness (QED) is 0.584. The Morgan fingerprint density at radius 2 is 1.97 bits per heavy atom. The number of hydrogen-bond donors (Lipinski definition) is 1. The van der Waals surface area contributed by atoms with Crippen LogP contribution in [0.15, 0.2) is 53.2 Å². The zero-order chi connectivity index (χ0) is 20.6. The van der Waals surface area contributed by atoms with Gasteiger partial charge in [-0.15, -0.1) is 0 Å². The highest BCUT2D eigenvalue weighted by atomic mass is 32.2. The molecule has 0 fully saturated rings. The summed E-state index contributed by atoms with van der Waals surface area (Å²) in [5.41, 5.74) is 3.80. The zero-order valence-electron chi connectivity index (χ0n) is 16.7. The van der Waals surface area contributed by atoms with E-state index < -0.39 is 10.8 Å². The van der Waals surface area contributed by atoms with Crippen molar-refractivity contribution in [3.05, 3.63) is 71.4 Å². The molecule has 152 valence electrons. The third-order valence-corrected chi connectivity index (χ3v) is 5.73. The van der Waals surface area contributed by atoms with E-state index in [2.05, 4.69) is 22.2 Å². The lowest BCUT2D eigenvalue weighted by molar-refractivity contribution is -0.118. The Balaban J connectivity index is 1.50. The Morgan fingerprint density at radius 1 is 1.17 bits per heavy atom. The van der Waals surface area contributed by atoms with Crippen molar-refractivity contribution in [2.45, 2.75) is 32.4 Å². The standard InChI is InChI=1S/C22H25N3O3S/c1-3-17-6-8-19(9-7-17)22-25-20(16(2)28-22)14-29(27)15-21(26)24-12-10-18-5-4-11-23-13-18/h4-9,11,13H,3,10,12,14-15H2,1-2H3,(H,24,26). The molecule has 0 aliphatic heterocycles. The molecule has 0 aliphatic carbocycles. The summed E-state index contributed by atoms with van der Waals surface area (Å²) in [6, 6.07) is 11.9. The number of aryl methyl sites for hydroxylation is 2. The van der Waals surface area contributed by atoms with Crippen LogP contribution < -0.4 is 5.32 Å². The number of hydrogen-bond acceptors (Lipinski definition) is 5. The number of pyridine rings is 1. The summed E-state index contributed by atoms with van der Waals surface area (Å²) in [7, 11) is -1.35. The van der Waals surface area contributed by atoms with Gasteiger partial charge >= 0.3 is 0 Å². The van der Waals surface area contributed by atoms with E-state index in [0.29, 0.717) is 30.3 Å². The van der Waals surface area contributed by atoms with Gasteiger partial charge in [0.2, 0.25) is 11.8 Å². The lowest BCUT2D eigenvalue weighted by atomic mass is 10.1. The van der Waals surface area contributed by atoms with Gasteiger partial charge in [0, 0.05) is 35.3 Å². The number of nitrogens with zero attached hydrogens (tertiary/aromatic N) is 2. The lowest BCUT2D eigenvalue weighted by Crippen LogP contribution is -2.30. The van der Waals surface area contributed by atoms with E-state index in [0.717, 1.165) is 17.5 Å². The largest absolute Gasteiger partial charge is 0.441 e. The summed E-state index contributed by atoms with van der Waals surface area (Å²) < 4.78 is 18.1. The molecule has 0 aliphatic rings. The fourth-order valence-corrected chi connectivity index (χ4v) is 3.93. The maximum absolute atomic E-state index is 12.4. The number of rotatable bonds is 9. The minimum absolute atomic E-state index is 0.0557. The van der Waals surface area contributed by atoms with E-state index in [4.69, 9.17) is 4.42 Å². The first-order valence-corrected chi connectivity index (χ1v) is 11.1. The molecule has 0 bridgehead atoms. The highest BCUT2D eigenvalue weighted by Gasteiger charge is 2.16. The molecule has 2 aromatic heterocycles. The highest BCUT2D eigenvalue weighted by molar-refractivity contribution is 7.84. The third-order valence-electron chi connectivity index (χ3n) is 4.55. The van der Waals surface area contributed by atoms with Crippen LogP contribution in [0.3, 0.4) is 0 Å². The van der Waals surface area contributed by atoms with Crippen LogP contribution in [-0.4, -0.2) is 32.4 Å². The fourth-order valence-electron chi connectivity index (χ4n) is 2.86. The monoisotopic (exact) mass is 411 g/mol. The number of amides is 1. The van der Waals surface area contributed by atoms with Crippen LogP contribution in [0.25, 0.3) is 11.5 Å². The number of aromatic nitrogens is 2. The first kappa shape index (κ1) is 20.9. The van der Waals surface area contributed by atoms with Crippen LogP contribution in [0.2, 0.25) is 0 Å². The molecular formula is C22H25N3O3S. The van der Waals surface area contributed by atoms with Gasteiger partial charge in [-0.2, -0.15) is 0 Å². The van der Waals surface area contributed by atoms with Crippen molar-refractivity contribution in [1.29, 1.82) is 0 Å². The number of oxazole rings is 1. The lowest BCUT2D eigenvalue weighted by Gasteiger charge is -2.05. The fraction of sp³-hybridized carbons (Fsp3) is 0.318. The summed E-state index contributed by atoms with van der Waals surface area (Å²) in [6.45, 7) is 4.40. The Labute approximate surface area is 173 Å². The molecule has 0 radical (unpaired) electrons. The van der Waals surface area contributed by atoms with Crippen LogP contribution in [0.1, 0.15) is 29.5 Å². The second-order valence-electron chi connectivity index (χ2n) is 6.76. The molecule has 1 unspecified atom stereocenters. The van der Waals surface area contributed by atoms with Crippen molar-refractivity contribution < 1.29 is 13.4 Å². The van der Waals surface area contributed by atoms with Crippen molar-refractivity contribution in [1.82, 2.24) is 15.3 Å². The average Bonchev–Trinajstić information content (AvgIpc) is 3.09. The molecule has 2 heterocycles. The van der Waals surface area contributed by atoms with Crippen LogP contribution in [-0.2, 0) is 34.2 Å². The van der Waals surface area contributed by atoms with Gasteiger partial charge in [0.15, 0.2) is 0 Å². The third kappa shape index (κ3) is 6.09. The van der Waals surface area contributed by atoms with E-state index >= 15 is 0 Å². The number of nitrogens with one attached hydrogen (secondary N) is 1. The van der Waals surface area contributed by atoms with Crippen LogP contribution in [0.4, 0.5) is 0 Å². The molecular weight excluding hydrogens is 386 g/mol. The van der Waals surface area contributed by atoms with Crippen LogP contribution in [0.5, 0.6) is 0 Å². The smallest absolute Gasteiger partial charge is 0.232 e. The minimum atomic E-state index is -1.35. The van der Waals surface area contributed by atoms with Gasteiger partial charge in [-0.3, -0.25) is 14.0 Å². The molecule has 0 saturated carbocycles. The molecule has 1 aromatic carbocycles. The maximum atomic E-state index is 12.4. The molecule has 1 amide bonds. The Morgan fingerprint density at radius 3 is 2.66 bits per heavy atom. The highest BCUT2D eigenvalue weighted by Crippen LogP contribution is 2.23. The van der Waals surface area contributed by atoms with Gasteiger partial charge in [-0.25, -0.2) is 4.98 Å². The van der Waals surface area contributed by atoms with E-state index in [1.807, 2.05) is 36.4 Å². The van der Waals surface area contributed by atoms with E-state index in [1.165, 1.54) is 5.56 Å². The Kier molecular flexibility index (Phi) is 7.30. The molecule has 6 nitrogen and oxygen atoms in total. The van der Waals surface area contributed by atoms with E-state index in [1.54, 1.807) is 19.3 Å². The topological polar surface area (TPSA) is 85.1 Å². The van der Waals surface area contributed by atoms with Crippen molar-refractivity contribution in [3.63, 3.8) is 0 Å². The molecule has 1 atom stereocenters. The van der Waals surface area contributed by atoms with E-state index in [9.17, 15) is 9.00 Å². The zero-order valence-corrected chi connectivity index (χ0v) is 17.5. The normalized spacial score (nSPS) is 11.9. The van der Waals surface area contributed by atoms with Gasteiger partial charge in [-0.1, -0.05) is 25.1 Å². The molecule has 0 spiro atoms. The summed E-state index contributed by atoms with van der Waals surface area (Å²) in [5, 5.41) is 2.80. The maximum Gasteiger partial charge on any atom is 0.232 e. The predicted molar refractivity (Wildman–Crippen MR) is 114 cm³/mol. The Hall–Kier alpha value is -2.80. The van der Waals surface area contributed by atoms with Crippen molar-refractivity contribution in [2.75, 3.05) is 12.3 Å². The molecule has 3 rings (SSSR count). The molecule has 0 saturated heterocycles. The average molecular weight is 412 g/mol. The first-order chi connectivity index (χ1) is 14.0. The van der Waals surface area contributed by atoms with Crippen molar-refractivity contribution in [3.8, 4) is 11.5 Å². The number of carbonyl (C=O) groups excluding carboxylic acids is 1. The van der Waals surface area contributed by atoms with E-state index in [-0.39, 0.29) is 17.4 Å². The predicted octanol–water partition coefficient (Wildman–Crippen LogP) is 3.22. The summed E-state index contributed by atoms with van der Waals surface area (Å²) in [5.74, 6) is 1.05. The SMILES string of the molecule is CCc1ccc(-c2nc(CS(=O)CC(=O)NCCc3cccnc3)c(C)o2)cc1. The van der Waals surface area contributed by atoms with Gasteiger partial charge in [0.1, 0.15) is 11.5 Å². The summed E-state index contributed by atoms with van der Waals surface area (Å²) in [6.07, 6.45) is 5.14. The van der Waals surface area contributed by atoms with Crippen molar-refractivity contribution in [2.24, 2.45) is 0 Å². The second-order valence-corrected chi connectivity index (χ2v) is 8.22. The van der Waals surface area contributed by atoms with Crippen LogP contribution >= 0.6 is 0 Å². The summed E-state index contributed by atoms with van der Waals surface area (Å²) in [4.78, 5) is 20.6. The van der Waals surface area contributed by atoms with Gasteiger partial charge in [0.25, 0.3) is 0 Å². The molecule has 1 N–H and O–H groups in total. The summed E-state index contributed by atoms with van der Waals surface area (Å²) >= 11 is 0. The molecule has 3 aromatic rings. The van der Waals surface area contributed by atoms with Gasteiger partial charge in [0.05, 0.1) is 11.4 Å². The van der Waals surface area contributed by atoms with Gasteiger partial charge < -0.3 is 9.73 Å².